The summed E-state index contributed by atoms with van der Waals surface area (Å²) in [7, 11) is 0. The van der Waals surface area contributed by atoms with Gasteiger partial charge in [-0.25, -0.2) is 0 Å². The van der Waals surface area contributed by atoms with E-state index in [1.165, 1.54) is 15.6 Å². The van der Waals surface area contributed by atoms with E-state index in [1.54, 1.807) is 11.3 Å². The predicted octanol–water partition coefficient (Wildman–Crippen LogP) is 3.22. The molecule has 0 N–H and O–H groups in total. The molecule has 0 radical (unpaired) electrons. The zero-order chi connectivity index (χ0) is 8.84. The van der Waals surface area contributed by atoms with Crippen LogP contribution in [0.3, 0.4) is 0 Å². The van der Waals surface area contributed by atoms with Gasteiger partial charge in [-0.3, -0.25) is 0 Å². The average molecular weight is 190 g/mol. The minimum Gasteiger partial charge on any atom is -0.489 e. The molecule has 0 bridgehead atoms. The van der Waals surface area contributed by atoms with E-state index in [-0.39, 0.29) is 0 Å². The molecule has 1 aromatic heterocycles. The van der Waals surface area contributed by atoms with Crippen molar-refractivity contribution in [1.82, 2.24) is 0 Å². The summed E-state index contributed by atoms with van der Waals surface area (Å²) >= 11 is 1.77. The Morgan fingerprint density at radius 3 is 3.23 bits per heavy atom. The van der Waals surface area contributed by atoms with Crippen LogP contribution in [0.5, 0.6) is 5.75 Å². The monoisotopic (exact) mass is 190 g/mol. The first-order valence-corrected chi connectivity index (χ1v) is 5.38. The lowest BCUT2D eigenvalue weighted by atomic mass is 10.1. The fourth-order valence-corrected chi connectivity index (χ4v) is 2.80. The Kier molecular flexibility index (Phi) is 1.41. The van der Waals surface area contributed by atoms with Crippen molar-refractivity contribution in [2.75, 3.05) is 0 Å². The quantitative estimate of drug-likeness (QED) is 0.619. The highest BCUT2D eigenvalue weighted by Gasteiger charge is 2.21. The van der Waals surface area contributed by atoms with Crippen molar-refractivity contribution in [3.8, 4) is 5.75 Å². The Balaban J connectivity index is 2.34. The van der Waals surface area contributed by atoms with Gasteiger partial charge >= 0.3 is 0 Å². The van der Waals surface area contributed by atoms with Crippen LogP contribution in [-0.4, -0.2) is 6.10 Å². The van der Waals surface area contributed by atoms with Crippen molar-refractivity contribution >= 4 is 21.4 Å². The summed E-state index contributed by atoms with van der Waals surface area (Å²) in [5.41, 5.74) is 1.36. The van der Waals surface area contributed by atoms with E-state index in [0.717, 1.165) is 12.2 Å². The van der Waals surface area contributed by atoms with Crippen molar-refractivity contribution in [2.45, 2.75) is 19.4 Å². The van der Waals surface area contributed by atoms with Gasteiger partial charge in [-0.05, 0) is 29.3 Å². The molecule has 66 valence electrons. The van der Waals surface area contributed by atoms with E-state index >= 15 is 0 Å². The SMILES string of the molecule is CC1Cc2ccc3ccsc3c2O1. The molecular formula is C11H10OS. The summed E-state index contributed by atoms with van der Waals surface area (Å²) in [6.45, 7) is 2.12. The Bertz CT molecular complexity index is 458. The molecule has 0 fully saturated rings. The first kappa shape index (κ1) is 7.39. The van der Waals surface area contributed by atoms with Crippen molar-refractivity contribution < 1.29 is 4.74 Å². The molecule has 1 aromatic carbocycles. The largest absolute Gasteiger partial charge is 0.489 e. The maximum atomic E-state index is 5.79. The molecule has 0 amide bonds. The standard InChI is InChI=1S/C11H10OS/c1-7-6-9-3-2-8-4-5-13-11(8)10(9)12-7/h2-5,7H,6H2,1H3. The maximum absolute atomic E-state index is 5.79. The third-order valence-electron chi connectivity index (χ3n) is 2.48. The highest BCUT2D eigenvalue weighted by molar-refractivity contribution is 7.17. The zero-order valence-electron chi connectivity index (χ0n) is 7.41. The first-order chi connectivity index (χ1) is 6.34. The van der Waals surface area contributed by atoms with Gasteiger partial charge in [0.2, 0.25) is 0 Å². The third-order valence-corrected chi connectivity index (χ3v) is 3.41. The second-order valence-corrected chi connectivity index (χ2v) is 4.44. The highest BCUT2D eigenvalue weighted by Crippen LogP contribution is 2.38. The second kappa shape index (κ2) is 2.48. The molecule has 0 spiro atoms. The fourth-order valence-electron chi connectivity index (χ4n) is 1.89. The number of benzene rings is 1. The number of rotatable bonds is 0. The summed E-state index contributed by atoms with van der Waals surface area (Å²) in [4.78, 5) is 0. The number of ether oxygens (including phenoxy) is 1. The molecule has 0 aliphatic carbocycles. The van der Waals surface area contributed by atoms with E-state index in [2.05, 4.69) is 30.5 Å². The molecule has 13 heavy (non-hydrogen) atoms. The highest BCUT2D eigenvalue weighted by atomic mass is 32.1. The van der Waals surface area contributed by atoms with Gasteiger partial charge in [-0.1, -0.05) is 12.1 Å². The lowest BCUT2D eigenvalue weighted by molar-refractivity contribution is 0.257. The molecule has 0 saturated carbocycles. The van der Waals surface area contributed by atoms with Crippen LogP contribution in [0.2, 0.25) is 0 Å². The fraction of sp³-hybridized carbons (Fsp3) is 0.273. The summed E-state index contributed by atoms with van der Waals surface area (Å²) in [6, 6.07) is 6.52. The Labute approximate surface area is 81.0 Å². The topological polar surface area (TPSA) is 9.23 Å². The van der Waals surface area contributed by atoms with Crippen LogP contribution < -0.4 is 4.74 Å². The van der Waals surface area contributed by atoms with Gasteiger partial charge in [0, 0.05) is 6.42 Å². The molecule has 1 aliphatic heterocycles. The van der Waals surface area contributed by atoms with Crippen LogP contribution in [-0.2, 0) is 6.42 Å². The number of fused-ring (bicyclic) bond motifs is 3. The van der Waals surface area contributed by atoms with Crippen molar-refractivity contribution in [3.63, 3.8) is 0 Å². The van der Waals surface area contributed by atoms with Gasteiger partial charge in [-0.2, -0.15) is 0 Å². The normalized spacial score (nSPS) is 20.2. The predicted molar refractivity (Wildman–Crippen MR) is 55.6 cm³/mol. The Morgan fingerprint density at radius 2 is 2.31 bits per heavy atom. The summed E-state index contributed by atoms with van der Waals surface area (Å²) < 4.78 is 7.10. The van der Waals surface area contributed by atoms with Crippen molar-refractivity contribution in [3.05, 3.63) is 29.1 Å². The Morgan fingerprint density at radius 1 is 1.38 bits per heavy atom. The molecule has 2 aromatic rings. The number of thiophene rings is 1. The van der Waals surface area contributed by atoms with Crippen molar-refractivity contribution in [2.24, 2.45) is 0 Å². The van der Waals surface area contributed by atoms with Gasteiger partial charge in [0.05, 0.1) is 4.70 Å². The Hall–Kier alpha value is -1.02. The lowest BCUT2D eigenvalue weighted by Crippen LogP contribution is -2.05. The molecule has 0 saturated heterocycles. The molecular weight excluding hydrogens is 180 g/mol. The minimum absolute atomic E-state index is 0.350. The maximum Gasteiger partial charge on any atom is 0.140 e. The summed E-state index contributed by atoms with van der Waals surface area (Å²) in [5, 5.41) is 3.43. The van der Waals surface area contributed by atoms with E-state index in [9.17, 15) is 0 Å². The van der Waals surface area contributed by atoms with E-state index < -0.39 is 0 Å². The zero-order valence-corrected chi connectivity index (χ0v) is 8.23. The average Bonchev–Trinajstić information content (AvgIpc) is 2.65. The number of hydrogen-bond acceptors (Lipinski definition) is 2. The minimum atomic E-state index is 0.350. The smallest absolute Gasteiger partial charge is 0.140 e. The molecule has 1 nitrogen and oxygen atoms in total. The molecule has 2 heterocycles. The molecule has 1 unspecified atom stereocenters. The van der Waals surface area contributed by atoms with Crippen molar-refractivity contribution in [1.29, 1.82) is 0 Å². The van der Waals surface area contributed by atoms with Crippen LogP contribution >= 0.6 is 11.3 Å². The molecule has 1 aliphatic rings. The van der Waals surface area contributed by atoms with E-state index in [1.807, 2.05) is 0 Å². The number of hydrogen-bond donors (Lipinski definition) is 0. The van der Waals surface area contributed by atoms with E-state index in [4.69, 9.17) is 4.74 Å². The third kappa shape index (κ3) is 0.985. The van der Waals surface area contributed by atoms with E-state index in [0.29, 0.717) is 6.10 Å². The first-order valence-electron chi connectivity index (χ1n) is 4.50. The van der Waals surface area contributed by atoms with Crippen LogP contribution in [0.4, 0.5) is 0 Å². The van der Waals surface area contributed by atoms with Gasteiger partial charge < -0.3 is 4.74 Å². The molecule has 2 heteroatoms. The summed E-state index contributed by atoms with van der Waals surface area (Å²) in [5.74, 6) is 1.12. The van der Waals surface area contributed by atoms with Crippen LogP contribution in [0.25, 0.3) is 10.1 Å². The summed E-state index contributed by atoms with van der Waals surface area (Å²) in [6.07, 6.45) is 1.41. The van der Waals surface area contributed by atoms with Gasteiger partial charge in [0.15, 0.2) is 0 Å². The molecule has 3 rings (SSSR count). The van der Waals surface area contributed by atoms with Crippen LogP contribution in [0, 0.1) is 0 Å². The van der Waals surface area contributed by atoms with Crippen LogP contribution in [0.1, 0.15) is 12.5 Å². The van der Waals surface area contributed by atoms with Gasteiger partial charge in [-0.15, -0.1) is 11.3 Å². The van der Waals surface area contributed by atoms with Gasteiger partial charge in [0.1, 0.15) is 11.9 Å². The second-order valence-electron chi connectivity index (χ2n) is 3.53. The van der Waals surface area contributed by atoms with Gasteiger partial charge in [0.25, 0.3) is 0 Å². The molecule has 1 atom stereocenters. The van der Waals surface area contributed by atoms with Crippen LogP contribution in [0.15, 0.2) is 23.6 Å². The lowest BCUT2D eigenvalue weighted by Gasteiger charge is -2.02.